The summed E-state index contributed by atoms with van der Waals surface area (Å²) in [5.74, 6) is 0. The first-order valence-corrected chi connectivity index (χ1v) is 16.3. The van der Waals surface area contributed by atoms with Crippen molar-refractivity contribution in [2.24, 2.45) is 0 Å². The Bertz CT molecular complexity index is 670. The van der Waals surface area contributed by atoms with Crippen molar-refractivity contribution in [1.82, 2.24) is 0 Å². The standard InChI is InChI=1S/3C7H7.C4H9O.Zr/c3*1-7-5-3-2-4-6-7;1-2-3-4-5;/h3*2-6H,1H2;2-4H2,1H3;/q;;;-1;+1. The van der Waals surface area contributed by atoms with E-state index >= 15 is 0 Å². The zero-order valence-electron chi connectivity index (χ0n) is 16.3. The van der Waals surface area contributed by atoms with Gasteiger partial charge in [-0.1, -0.05) is 0 Å². The third-order valence-corrected chi connectivity index (χ3v) is 14.8. The zero-order valence-corrected chi connectivity index (χ0v) is 18.8. The summed E-state index contributed by atoms with van der Waals surface area (Å²) in [6.07, 6.45) is 2.33. The van der Waals surface area contributed by atoms with E-state index in [4.69, 9.17) is 2.81 Å². The third kappa shape index (κ3) is 6.56. The third-order valence-electron chi connectivity index (χ3n) is 5.01. The molecule has 3 aromatic rings. The molecule has 3 aromatic carbocycles. The van der Waals surface area contributed by atoms with E-state index < -0.39 is 20.7 Å². The summed E-state index contributed by atoms with van der Waals surface area (Å²) in [4.78, 5) is 0. The van der Waals surface area contributed by atoms with E-state index in [9.17, 15) is 0 Å². The molecule has 0 saturated carbocycles. The molecule has 0 radical (unpaired) electrons. The van der Waals surface area contributed by atoms with Gasteiger partial charge in [-0.25, -0.2) is 0 Å². The Morgan fingerprint density at radius 3 is 1.30 bits per heavy atom. The van der Waals surface area contributed by atoms with Crippen molar-refractivity contribution < 1.29 is 23.5 Å². The summed E-state index contributed by atoms with van der Waals surface area (Å²) in [6.45, 7) is 3.14. The molecular weight excluding hydrogens is 407 g/mol. The van der Waals surface area contributed by atoms with Crippen LogP contribution in [0.1, 0.15) is 36.5 Å². The summed E-state index contributed by atoms with van der Waals surface area (Å²) in [7, 11) is 0. The van der Waals surface area contributed by atoms with Crippen LogP contribution in [-0.2, 0) is 35.9 Å². The molecule has 27 heavy (non-hydrogen) atoms. The van der Waals surface area contributed by atoms with Crippen molar-refractivity contribution in [3.8, 4) is 0 Å². The Morgan fingerprint density at radius 1 is 0.593 bits per heavy atom. The Labute approximate surface area is 169 Å². The van der Waals surface area contributed by atoms with Crippen molar-refractivity contribution in [1.29, 1.82) is 0 Å². The van der Waals surface area contributed by atoms with Gasteiger partial charge in [-0.3, -0.25) is 0 Å². The molecule has 1 nitrogen and oxygen atoms in total. The first kappa shape index (κ1) is 20.2. The molecule has 0 unspecified atom stereocenters. The first-order chi connectivity index (χ1) is 13.3. The van der Waals surface area contributed by atoms with E-state index in [0.717, 1.165) is 25.4 Å². The molecule has 0 amide bonds. The van der Waals surface area contributed by atoms with Gasteiger partial charge in [-0.15, -0.1) is 0 Å². The summed E-state index contributed by atoms with van der Waals surface area (Å²) < 4.78 is 10.3. The molecule has 0 heterocycles. The van der Waals surface area contributed by atoms with Crippen LogP contribution in [0.4, 0.5) is 0 Å². The van der Waals surface area contributed by atoms with Gasteiger partial charge in [0.2, 0.25) is 0 Å². The Hall–Kier alpha value is -1.50. The van der Waals surface area contributed by atoms with Crippen molar-refractivity contribution in [3.63, 3.8) is 0 Å². The van der Waals surface area contributed by atoms with E-state index in [-0.39, 0.29) is 0 Å². The maximum absolute atomic E-state index is 6.89. The average Bonchev–Trinajstić information content (AvgIpc) is 2.70. The quantitative estimate of drug-likeness (QED) is 0.330. The van der Waals surface area contributed by atoms with Crippen LogP contribution in [0.25, 0.3) is 0 Å². The number of unbranched alkanes of at least 4 members (excludes halogenated alkanes) is 1. The first-order valence-electron chi connectivity index (χ1n) is 10.1. The minimum absolute atomic E-state index is 0.902. The molecule has 0 saturated heterocycles. The van der Waals surface area contributed by atoms with Gasteiger partial charge >= 0.3 is 170 Å². The summed E-state index contributed by atoms with van der Waals surface area (Å²) in [6, 6.07) is 32.9. The topological polar surface area (TPSA) is 9.23 Å². The summed E-state index contributed by atoms with van der Waals surface area (Å²) in [5.41, 5.74) is 4.28. The van der Waals surface area contributed by atoms with Crippen molar-refractivity contribution in [2.45, 2.75) is 32.2 Å². The minimum atomic E-state index is -2.99. The van der Waals surface area contributed by atoms with E-state index in [1.54, 1.807) is 0 Å². The second kappa shape index (κ2) is 10.7. The second-order valence-corrected chi connectivity index (χ2v) is 16.5. The number of rotatable bonds is 10. The monoisotopic (exact) mass is 436 g/mol. The molecular formula is C25H30OZr. The van der Waals surface area contributed by atoms with Gasteiger partial charge in [0.05, 0.1) is 0 Å². The predicted molar refractivity (Wildman–Crippen MR) is 111 cm³/mol. The molecule has 140 valence electrons. The maximum atomic E-state index is 6.89. The van der Waals surface area contributed by atoms with Crippen LogP contribution in [0.15, 0.2) is 91.0 Å². The molecule has 0 fully saturated rings. The van der Waals surface area contributed by atoms with Crippen LogP contribution in [0, 0.1) is 0 Å². The fourth-order valence-corrected chi connectivity index (χ4v) is 14.0. The summed E-state index contributed by atoms with van der Waals surface area (Å²) >= 11 is -2.99. The average molecular weight is 438 g/mol. The van der Waals surface area contributed by atoms with Gasteiger partial charge in [-0.05, 0) is 0 Å². The number of hydrogen-bond acceptors (Lipinski definition) is 1. The Balaban J connectivity index is 1.93. The predicted octanol–water partition coefficient (Wildman–Crippen LogP) is 6.47. The van der Waals surface area contributed by atoms with Crippen LogP contribution in [0.5, 0.6) is 0 Å². The van der Waals surface area contributed by atoms with Crippen LogP contribution in [-0.4, -0.2) is 6.61 Å². The van der Waals surface area contributed by atoms with Gasteiger partial charge in [0.25, 0.3) is 0 Å². The van der Waals surface area contributed by atoms with Crippen molar-refractivity contribution >= 4 is 0 Å². The molecule has 0 N–H and O–H groups in total. The van der Waals surface area contributed by atoms with Crippen LogP contribution in [0.3, 0.4) is 0 Å². The van der Waals surface area contributed by atoms with Gasteiger partial charge < -0.3 is 0 Å². The van der Waals surface area contributed by atoms with Crippen LogP contribution >= 0.6 is 0 Å². The van der Waals surface area contributed by atoms with Gasteiger partial charge in [0.15, 0.2) is 0 Å². The van der Waals surface area contributed by atoms with Gasteiger partial charge in [-0.2, -0.15) is 0 Å². The molecule has 0 bridgehead atoms. The molecule has 0 spiro atoms. The van der Waals surface area contributed by atoms with E-state index in [1.807, 2.05) is 0 Å². The SMILES string of the molecule is CCCC[O][Zr]([CH2]c1ccccc1)([CH2]c1ccccc1)[CH2]c1ccccc1. The van der Waals surface area contributed by atoms with E-state index in [1.165, 1.54) is 23.1 Å². The number of benzene rings is 3. The van der Waals surface area contributed by atoms with Crippen molar-refractivity contribution in [3.05, 3.63) is 108 Å². The normalized spacial score (nSPS) is 11.4. The molecule has 0 aliphatic carbocycles. The Kier molecular flexibility index (Phi) is 8.05. The van der Waals surface area contributed by atoms with Gasteiger partial charge in [0.1, 0.15) is 0 Å². The zero-order chi connectivity index (χ0) is 18.8. The van der Waals surface area contributed by atoms with Crippen LogP contribution in [0.2, 0.25) is 0 Å². The van der Waals surface area contributed by atoms with E-state index in [0.29, 0.717) is 0 Å². The van der Waals surface area contributed by atoms with Crippen LogP contribution < -0.4 is 0 Å². The Morgan fingerprint density at radius 2 is 0.963 bits per heavy atom. The molecule has 0 aliphatic heterocycles. The summed E-state index contributed by atoms with van der Waals surface area (Å²) in [5, 5.41) is 0. The number of hydrogen-bond donors (Lipinski definition) is 0. The second-order valence-electron chi connectivity index (χ2n) is 7.37. The molecule has 0 atom stereocenters. The molecule has 0 aliphatic rings. The molecule has 3 rings (SSSR count). The molecule has 0 aromatic heterocycles. The van der Waals surface area contributed by atoms with E-state index in [2.05, 4.69) is 97.9 Å². The van der Waals surface area contributed by atoms with Crippen molar-refractivity contribution in [2.75, 3.05) is 6.61 Å². The molecule has 2 heteroatoms. The fourth-order valence-electron chi connectivity index (χ4n) is 3.68. The fraction of sp³-hybridized carbons (Fsp3) is 0.280. The van der Waals surface area contributed by atoms with Gasteiger partial charge in [0, 0.05) is 0 Å².